The summed E-state index contributed by atoms with van der Waals surface area (Å²) in [7, 11) is 1.65. The standard InChI is InChI=1S/C19H18N4O3S/c1-22(18(24)16-10-14(11-20-16)23(25)26)19-21-15-8-7-13(9-17(15)27-19)12-5-3-2-4-6-12/h2-6,10-11,13,20H,7-9H2,1H3. The number of carbonyl (C=O) groups is 1. The molecule has 8 heteroatoms. The van der Waals surface area contributed by atoms with Crippen LogP contribution in [0.1, 0.15) is 39.0 Å². The highest BCUT2D eigenvalue weighted by Crippen LogP contribution is 2.38. The normalized spacial score (nSPS) is 16.0. The molecule has 2 heterocycles. The van der Waals surface area contributed by atoms with Gasteiger partial charge in [-0.25, -0.2) is 4.98 Å². The number of rotatable bonds is 4. The molecule has 3 aromatic rings. The number of nitrogens with one attached hydrogen (secondary N) is 1. The van der Waals surface area contributed by atoms with Gasteiger partial charge in [-0.2, -0.15) is 0 Å². The van der Waals surface area contributed by atoms with E-state index in [-0.39, 0.29) is 17.3 Å². The Kier molecular flexibility index (Phi) is 4.49. The minimum atomic E-state index is -0.529. The fourth-order valence-electron chi connectivity index (χ4n) is 3.39. The summed E-state index contributed by atoms with van der Waals surface area (Å²) >= 11 is 1.52. The molecule has 1 amide bonds. The Bertz CT molecular complexity index is 996. The third kappa shape index (κ3) is 3.35. The minimum Gasteiger partial charge on any atom is -0.351 e. The number of carbonyl (C=O) groups excluding carboxylic acids is 1. The van der Waals surface area contributed by atoms with Gasteiger partial charge in [0.2, 0.25) is 0 Å². The molecular weight excluding hydrogens is 364 g/mol. The van der Waals surface area contributed by atoms with Crippen molar-refractivity contribution in [3.8, 4) is 0 Å². The fraction of sp³-hybridized carbons (Fsp3) is 0.263. The van der Waals surface area contributed by atoms with E-state index in [1.165, 1.54) is 38.9 Å². The zero-order valence-electron chi connectivity index (χ0n) is 14.7. The van der Waals surface area contributed by atoms with Crippen molar-refractivity contribution in [3.63, 3.8) is 0 Å². The van der Waals surface area contributed by atoms with Crippen LogP contribution in [0.2, 0.25) is 0 Å². The number of nitrogens with zero attached hydrogens (tertiary/aromatic N) is 3. The molecule has 0 saturated carbocycles. The summed E-state index contributed by atoms with van der Waals surface area (Å²) in [4.78, 5) is 32.9. The van der Waals surface area contributed by atoms with E-state index in [2.05, 4.69) is 34.2 Å². The molecule has 0 spiro atoms. The van der Waals surface area contributed by atoms with Crippen LogP contribution in [0.15, 0.2) is 42.6 Å². The van der Waals surface area contributed by atoms with E-state index in [0.717, 1.165) is 25.0 Å². The molecule has 27 heavy (non-hydrogen) atoms. The van der Waals surface area contributed by atoms with Gasteiger partial charge in [-0.1, -0.05) is 30.3 Å². The lowest BCUT2D eigenvalue weighted by Gasteiger charge is -2.21. The smallest absolute Gasteiger partial charge is 0.287 e. The second-order valence-corrected chi connectivity index (χ2v) is 7.67. The van der Waals surface area contributed by atoms with E-state index in [4.69, 9.17) is 0 Å². The van der Waals surface area contributed by atoms with Gasteiger partial charge >= 0.3 is 0 Å². The lowest BCUT2D eigenvalue weighted by atomic mass is 9.85. The molecule has 7 nitrogen and oxygen atoms in total. The number of thiazole rings is 1. The number of hydrogen-bond donors (Lipinski definition) is 1. The summed E-state index contributed by atoms with van der Waals surface area (Å²) in [6.07, 6.45) is 4.08. The van der Waals surface area contributed by atoms with Crippen LogP contribution in [-0.2, 0) is 12.8 Å². The fourth-order valence-corrected chi connectivity index (χ4v) is 4.54. The van der Waals surface area contributed by atoms with E-state index >= 15 is 0 Å². The summed E-state index contributed by atoms with van der Waals surface area (Å²) in [5.41, 5.74) is 2.44. The van der Waals surface area contributed by atoms with E-state index < -0.39 is 4.92 Å². The zero-order valence-corrected chi connectivity index (χ0v) is 15.5. The Hall–Kier alpha value is -3.00. The van der Waals surface area contributed by atoms with Crippen molar-refractivity contribution in [1.29, 1.82) is 0 Å². The number of aromatic amines is 1. The summed E-state index contributed by atoms with van der Waals surface area (Å²) in [5.74, 6) is 0.132. The number of nitro groups is 1. The molecule has 0 aliphatic heterocycles. The molecule has 0 fully saturated rings. The molecule has 1 aromatic carbocycles. The highest BCUT2D eigenvalue weighted by molar-refractivity contribution is 7.16. The summed E-state index contributed by atoms with van der Waals surface area (Å²) in [5, 5.41) is 11.4. The number of fused-ring (bicyclic) bond motifs is 1. The molecule has 0 radical (unpaired) electrons. The van der Waals surface area contributed by atoms with Gasteiger partial charge < -0.3 is 4.98 Å². The maximum atomic E-state index is 12.6. The van der Waals surface area contributed by atoms with Crippen molar-refractivity contribution in [2.75, 3.05) is 11.9 Å². The van der Waals surface area contributed by atoms with Crippen molar-refractivity contribution in [3.05, 3.63) is 74.5 Å². The molecule has 0 saturated heterocycles. The van der Waals surface area contributed by atoms with Crippen molar-refractivity contribution in [2.45, 2.75) is 25.2 Å². The van der Waals surface area contributed by atoms with Crippen molar-refractivity contribution in [2.24, 2.45) is 0 Å². The van der Waals surface area contributed by atoms with Gasteiger partial charge in [0.15, 0.2) is 5.13 Å². The molecular formula is C19H18N4O3S. The first-order chi connectivity index (χ1) is 13.0. The van der Waals surface area contributed by atoms with E-state index in [1.54, 1.807) is 7.05 Å². The Morgan fingerprint density at radius 3 is 2.85 bits per heavy atom. The predicted molar refractivity (Wildman–Crippen MR) is 104 cm³/mol. The highest BCUT2D eigenvalue weighted by atomic mass is 32.1. The van der Waals surface area contributed by atoms with Crippen LogP contribution in [0, 0.1) is 10.1 Å². The van der Waals surface area contributed by atoms with Crippen LogP contribution in [0.5, 0.6) is 0 Å². The largest absolute Gasteiger partial charge is 0.351 e. The minimum absolute atomic E-state index is 0.129. The number of aryl methyl sites for hydroxylation is 1. The third-order valence-corrected chi connectivity index (χ3v) is 6.10. The lowest BCUT2D eigenvalue weighted by molar-refractivity contribution is -0.384. The average Bonchev–Trinajstić information content (AvgIpc) is 3.34. The number of anilines is 1. The van der Waals surface area contributed by atoms with Crippen LogP contribution in [-0.4, -0.2) is 27.8 Å². The van der Waals surface area contributed by atoms with Crippen molar-refractivity contribution < 1.29 is 9.72 Å². The number of hydrogen-bond acceptors (Lipinski definition) is 5. The molecule has 1 aliphatic rings. The van der Waals surface area contributed by atoms with Crippen molar-refractivity contribution in [1.82, 2.24) is 9.97 Å². The van der Waals surface area contributed by atoms with E-state index in [0.29, 0.717) is 11.0 Å². The molecule has 1 aliphatic carbocycles. The third-order valence-electron chi connectivity index (χ3n) is 4.90. The Morgan fingerprint density at radius 2 is 2.15 bits per heavy atom. The van der Waals surface area contributed by atoms with Crippen LogP contribution in [0.4, 0.5) is 10.8 Å². The first-order valence-electron chi connectivity index (χ1n) is 8.67. The van der Waals surface area contributed by atoms with E-state index in [9.17, 15) is 14.9 Å². The van der Waals surface area contributed by atoms with Gasteiger partial charge in [0.1, 0.15) is 5.69 Å². The Morgan fingerprint density at radius 1 is 1.37 bits per heavy atom. The highest BCUT2D eigenvalue weighted by Gasteiger charge is 2.27. The van der Waals surface area contributed by atoms with E-state index in [1.807, 2.05) is 6.07 Å². The second-order valence-electron chi connectivity index (χ2n) is 6.61. The molecule has 0 bridgehead atoms. The van der Waals surface area contributed by atoms with Crippen LogP contribution in [0.3, 0.4) is 0 Å². The van der Waals surface area contributed by atoms with Gasteiger partial charge in [0.05, 0.1) is 16.8 Å². The van der Waals surface area contributed by atoms with Gasteiger partial charge in [-0.3, -0.25) is 19.8 Å². The monoisotopic (exact) mass is 382 g/mol. The summed E-state index contributed by atoms with van der Waals surface area (Å²) < 4.78 is 0. The first-order valence-corrected chi connectivity index (χ1v) is 9.49. The van der Waals surface area contributed by atoms with Gasteiger partial charge in [-0.05, 0) is 30.7 Å². The SMILES string of the molecule is CN(C(=O)c1cc([N+](=O)[O-])c[nH]1)c1nc2c(s1)CC(c1ccccc1)CC2. The summed E-state index contributed by atoms with van der Waals surface area (Å²) in [6, 6.07) is 11.7. The summed E-state index contributed by atoms with van der Waals surface area (Å²) in [6.45, 7) is 0. The molecule has 1 unspecified atom stereocenters. The lowest BCUT2D eigenvalue weighted by Crippen LogP contribution is -2.26. The zero-order chi connectivity index (χ0) is 19.0. The van der Waals surface area contributed by atoms with Crippen LogP contribution in [0.25, 0.3) is 0 Å². The number of benzene rings is 1. The van der Waals surface area contributed by atoms with Gasteiger partial charge in [0, 0.05) is 18.0 Å². The molecule has 138 valence electrons. The van der Waals surface area contributed by atoms with Gasteiger partial charge in [-0.15, -0.1) is 11.3 Å². The number of H-pyrrole nitrogens is 1. The Balaban J connectivity index is 1.53. The number of aromatic nitrogens is 2. The Labute approximate surface area is 159 Å². The van der Waals surface area contributed by atoms with Crippen LogP contribution >= 0.6 is 11.3 Å². The maximum Gasteiger partial charge on any atom is 0.287 e. The quantitative estimate of drug-likeness (QED) is 0.547. The first kappa shape index (κ1) is 17.4. The molecule has 2 aromatic heterocycles. The number of amides is 1. The average molecular weight is 382 g/mol. The molecule has 1 N–H and O–H groups in total. The predicted octanol–water partition coefficient (Wildman–Crippen LogP) is 3.93. The molecule has 4 rings (SSSR count). The van der Waals surface area contributed by atoms with Gasteiger partial charge in [0.25, 0.3) is 11.6 Å². The van der Waals surface area contributed by atoms with Crippen molar-refractivity contribution >= 4 is 28.1 Å². The van der Waals surface area contributed by atoms with Crippen LogP contribution < -0.4 is 4.90 Å². The maximum absolute atomic E-state index is 12.6. The topological polar surface area (TPSA) is 92.1 Å². The second kappa shape index (κ2) is 6.96. The molecule has 1 atom stereocenters.